The number of hydroxylamine groups is 2. The predicted molar refractivity (Wildman–Crippen MR) is 52.3 cm³/mol. The number of ether oxygens (including phenoxy) is 2. The van der Waals surface area contributed by atoms with Gasteiger partial charge >= 0.3 is 0 Å². The summed E-state index contributed by atoms with van der Waals surface area (Å²) in [5.41, 5.74) is 0. The number of nitrogens with zero attached hydrogens (tertiary/aromatic N) is 1. The van der Waals surface area contributed by atoms with Crippen molar-refractivity contribution in [1.82, 2.24) is 5.06 Å². The maximum atomic E-state index is 5.64. The number of rotatable bonds is 4. The lowest BCUT2D eigenvalue weighted by atomic mass is 9.94. The third-order valence-electron chi connectivity index (χ3n) is 2.25. The molecule has 1 heterocycles. The molecule has 0 amide bonds. The molecule has 0 aromatic rings. The summed E-state index contributed by atoms with van der Waals surface area (Å²) < 4.78 is 10.9. The van der Waals surface area contributed by atoms with E-state index in [9.17, 15) is 0 Å². The lowest BCUT2D eigenvalue weighted by molar-refractivity contribution is -0.148. The van der Waals surface area contributed by atoms with E-state index in [0.29, 0.717) is 6.61 Å². The van der Waals surface area contributed by atoms with Gasteiger partial charge in [-0.1, -0.05) is 0 Å². The first kappa shape index (κ1) is 11.0. The number of methoxy groups -OCH3 is 1. The number of hydrogen-bond donors (Lipinski definition) is 0. The molecule has 4 nitrogen and oxygen atoms in total. The molecule has 0 bridgehead atoms. The molecule has 1 aliphatic heterocycles. The van der Waals surface area contributed by atoms with Crippen LogP contribution in [0.3, 0.4) is 0 Å². The zero-order chi connectivity index (χ0) is 9.84. The van der Waals surface area contributed by atoms with Crippen LogP contribution in [0, 0.1) is 0 Å². The summed E-state index contributed by atoms with van der Waals surface area (Å²) in [4.78, 5) is 5.32. The summed E-state index contributed by atoms with van der Waals surface area (Å²) in [6.07, 6.45) is 1.31. The van der Waals surface area contributed by atoms with Crippen LogP contribution in [-0.4, -0.2) is 58.9 Å². The topological polar surface area (TPSA) is 30.9 Å². The van der Waals surface area contributed by atoms with Gasteiger partial charge < -0.3 is 9.47 Å². The minimum Gasteiger partial charge on any atom is -0.379 e. The van der Waals surface area contributed by atoms with Gasteiger partial charge in [-0.3, -0.25) is 4.84 Å². The highest BCUT2D eigenvalue weighted by Gasteiger charge is 2.32. The van der Waals surface area contributed by atoms with Gasteiger partial charge in [0, 0.05) is 27.6 Å². The van der Waals surface area contributed by atoms with Crippen molar-refractivity contribution in [2.75, 3.05) is 27.8 Å². The molecule has 0 aromatic carbocycles. The first-order valence-corrected chi connectivity index (χ1v) is 4.62. The Bertz CT molecular complexity index is 156. The summed E-state index contributed by atoms with van der Waals surface area (Å²) in [7, 11) is 7.49. The van der Waals surface area contributed by atoms with Gasteiger partial charge in [0.05, 0.1) is 24.8 Å². The van der Waals surface area contributed by atoms with E-state index in [0.717, 1.165) is 6.42 Å². The molecule has 0 unspecified atom stereocenters. The molecule has 0 aromatic heterocycles. The zero-order valence-electron chi connectivity index (χ0n) is 8.82. The highest BCUT2D eigenvalue weighted by Crippen LogP contribution is 2.20. The van der Waals surface area contributed by atoms with Crippen molar-refractivity contribution in [3.8, 4) is 0 Å². The molecule has 0 spiro atoms. The van der Waals surface area contributed by atoms with Crippen LogP contribution in [0.1, 0.15) is 6.42 Å². The van der Waals surface area contributed by atoms with Crippen molar-refractivity contribution >= 4 is 7.85 Å². The molecule has 5 heteroatoms. The van der Waals surface area contributed by atoms with E-state index in [1.165, 1.54) is 0 Å². The molecule has 0 saturated carbocycles. The van der Waals surface area contributed by atoms with E-state index in [-0.39, 0.29) is 18.2 Å². The Morgan fingerprint density at radius 2 is 2.23 bits per heavy atom. The summed E-state index contributed by atoms with van der Waals surface area (Å²) >= 11 is 0. The van der Waals surface area contributed by atoms with Gasteiger partial charge in [-0.2, -0.15) is 5.06 Å². The second-order valence-corrected chi connectivity index (χ2v) is 3.58. The number of hydrogen-bond acceptors (Lipinski definition) is 4. The van der Waals surface area contributed by atoms with Crippen molar-refractivity contribution in [3.63, 3.8) is 0 Å². The van der Waals surface area contributed by atoms with Crippen molar-refractivity contribution < 1.29 is 14.3 Å². The Kier molecular flexibility index (Phi) is 4.19. The summed E-state index contributed by atoms with van der Waals surface area (Å²) in [5, 5.41) is 1.69. The van der Waals surface area contributed by atoms with Crippen LogP contribution in [0.5, 0.6) is 0 Å². The average molecular weight is 187 g/mol. The van der Waals surface area contributed by atoms with Gasteiger partial charge in [0.25, 0.3) is 0 Å². The smallest absolute Gasteiger partial charge is 0.142 e. The minimum absolute atomic E-state index is 0.169. The van der Waals surface area contributed by atoms with E-state index in [2.05, 4.69) is 0 Å². The van der Waals surface area contributed by atoms with Crippen LogP contribution in [0.15, 0.2) is 0 Å². The lowest BCUT2D eigenvalue weighted by Gasteiger charge is -2.14. The summed E-state index contributed by atoms with van der Waals surface area (Å²) in [6, 6.07) is 0.181. The van der Waals surface area contributed by atoms with Crippen molar-refractivity contribution in [2.45, 2.75) is 24.6 Å². The molecule has 0 N–H and O–H groups in total. The van der Waals surface area contributed by atoms with E-state index < -0.39 is 0 Å². The molecule has 76 valence electrons. The van der Waals surface area contributed by atoms with Gasteiger partial charge in [0.15, 0.2) is 0 Å². The third-order valence-corrected chi connectivity index (χ3v) is 2.25. The van der Waals surface area contributed by atoms with Gasteiger partial charge in [-0.25, -0.2) is 0 Å². The molecule has 1 fully saturated rings. The second-order valence-electron chi connectivity index (χ2n) is 3.58. The zero-order valence-corrected chi connectivity index (χ0v) is 8.82. The first-order chi connectivity index (χ1) is 6.13. The van der Waals surface area contributed by atoms with Gasteiger partial charge in [-0.05, 0) is 0 Å². The Morgan fingerprint density at radius 1 is 1.54 bits per heavy atom. The second kappa shape index (κ2) is 4.95. The van der Waals surface area contributed by atoms with Gasteiger partial charge in [0.1, 0.15) is 7.85 Å². The van der Waals surface area contributed by atoms with Crippen LogP contribution >= 0.6 is 0 Å². The molecule has 0 aliphatic carbocycles. The van der Waals surface area contributed by atoms with Crippen molar-refractivity contribution in [1.29, 1.82) is 0 Å². The normalized spacial score (nSPS) is 34.3. The third kappa shape index (κ3) is 3.27. The molecule has 1 aliphatic rings. The van der Waals surface area contributed by atoms with Crippen LogP contribution < -0.4 is 0 Å². The van der Waals surface area contributed by atoms with Crippen molar-refractivity contribution in [2.24, 2.45) is 0 Å². The Balaban J connectivity index is 2.23. The van der Waals surface area contributed by atoms with Crippen LogP contribution in [-0.2, 0) is 14.3 Å². The lowest BCUT2D eigenvalue weighted by Crippen LogP contribution is -2.23. The fourth-order valence-corrected chi connectivity index (χ4v) is 1.52. The monoisotopic (exact) mass is 187 g/mol. The molecule has 1 saturated heterocycles. The summed E-state index contributed by atoms with van der Waals surface area (Å²) in [5.74, 6) is 0. The standard InChI is InChI=1S/C8H18BNO3/c1-10(2)12-5-6-4-7(11-3)8(9)13-6/h6-8H,4-5,9H2,1-3H3/t6-,7+,8+/m0/s1. The van der Waals surface area contributed by atoms with E-state index in [4.69, 9.17) is 14.3 Å². The molecule has 0 radical (unpaired) electrons. The molecule has 3 atom stereocenters. The highest BCUT2D eigenvalue weighted by atomic mass is 16.7. The Labute approximate surface area is 80.5 Å². The van der Waals surface area contributed by atoms with Crippen LogP contribution in [0.25, 0.3) is 0 Å². The molecule has 13 heavy (non-hydrogen) atoms. The van der Waals surface area contributed by atoms with Crippen LogP contribution in [0.2, 0.25) is 0 Å². The predicted octanol–water partition coefficient (Wildman–Crippen LogP) is -0.757. The SMILES string of the molecule is B[C@@H]1O[C@H](CON(C)C)C[C@H]1OC. The van der Waals surface area contributed by atoms with E-state index >= 15 is 0 Å². The molecule has 1 rings (SSSR count). The average Bonchev–Trinajstić information content (AvgIpc) is 2.43. The van der Waals surface area contributed by atoms with E-state index in [1.54, 1.807) is 12.2 Å². The Hall–Kier alpha value is -0.0951. The molecular weight excluding hydrogens is 169 g/mol. The van der Waals surface area contributed by atoms with Crippen molar-refractivity contribution in [3.05, 3.63) is 0 Å². The fraction of sp³-hybridized carbons (Fsp3) is 1.00. The quantitative estimate of drug-likeness (QED) is 0.427. The fourth-order valence-electron chi connectivity index (χ4n) is 1.52. The largest absolute Gasteiger partial charge is 0.379 e. The minimum atomic E-state index is 0.169. The molecular formula is C8H18BNO3. The first-order valence-electron chi connectivity index (χ1n) is 4.62. The maximum absolute atomic E-state index is 5.64. The summed E-state index contributed by atoms with van der Waals surface area (Å²) in [6.45, 7) is 0.608. The van der Waals surface area contributed by atoms with Gasteiger partial charge in [0.2, 0.25) is 0 Å². The van der Waals surface area contributed by atoms with E-state index in [1.807, 2.05) is 21.9 Å². The highest BCUT2D eigenvalue weighted by molar-refractivity contribution is 6.11. The Morgan fingerprint density at radius 3 is 2.69 bits per heavy atom. The van der Waals surface area contributed by atoms with Crippen LogP contribution in [0.4, 0.5) is 0 Å². The van der Waals surface area contributed by atoms with Gasteiger partial charge in [-0.15, -0.1) is 0 Å². The maximum Gasteiger partial charge on any atom is 0.142 e.